The van der Waals surface area contributed by atoms with Gasteiger partial charge in [0.15, 0.2) is 0 Å². The van der Waals surface area contributed by atoms with Crippen molar-refractivity contribution in [3.63, 3.8) is 0 Å². The van der Waals surface area contributed by atoms with Gasteiger partial charge in [0.05, 0.1) is 5.52 Å². The van der Waals surface area contributed by atoms with E-state index in [0.29, 0.717) is 17.6 Å². The van der Waals surface area contributed by atoms with E-state index in [1.807, 2.05) is 38.1 Å². The van der Waals surface area contributed by atoms with E-state index < -0.39 is 0 Å². The second kappa shape index (κ2) is 6.83. The summed E-state index contributed by atoms with van der Waals surface area (Å²) >= 11 is 1.67. The minimum absolute atomic E-state index is 0.0807. The van der Waals surface area contributed by atoms with Gasteiger partial charge in [-0.2, -0.15) is 11.3 Å². The van der Waals surface area contributed by atoms with Gasteiger partial charge < -0.3 is 4.90 Å². The number of nitrogens with zero attached hydrogens (tertiary/aromatic N) is 4. The zero-order valence-corrected chi connectivity index (χ0v) is 14.0. The molecular formula is C17H18N4OS. The van der Waals surface area contributed by atoms with Crippen LogP contribution in [0, 0.1) is 0 Å². The average Bonchev–Trinajstić information content (AvgIpc) is 3.08. The van der Waals surface area contributed by atoms with Crippen LogP contribution in [0.5, 0.6) is 0 Å². The Morgan fingerprint density at radius 1 is 1.22 bits per heavy atom. The number of rotatable bonds is 5. The molecule has 2 heterocycles. The van der Waals surface area contributed by atoms with Gasteiger partial charge in [0.2, 0.25) is 5.82 Å². The smallest absolute Gasteiger partial charge is 0.293 e. The van der Waals surface area contributed by atoms with Gasteiger partial charge in [-0.1, -0.05) is 12.1 Å². The Hall–Kier alpha value is -2.34. The van der Waals surface area contributed by atoms with Crippen molar-refractivity contribution in [1.82, 2.24) is 20.1 Å². The van der Waals surface area contributed by atoms with E-state index in [4.69, 9.17) is 0 Å². The zero-order valence-electron chi connectivity index (χ0n) is 13.1. The lowest BCUT2D eigenvalue weighted by Gasteiger charge is -2.27. The summed E-state index contributed by atoms with van der Waals surface area (Å²) in [5.41, 5.74) is 2.62. The molecule has 2 aromatic heterocycles. The van der Waals surface area contributed by atoms with E-state index in [-0.39, 0.29) is 17.8 Å². The minimum Gasteiger partial charge on any atom is -0.333 e. The average molecular weight is 326 g/mol. The highest BCUT2D eigenvalue weighted by molar-refractivity contribution is 7.07. The molecule has 0 fully saturated rings. The molecule has 3 aromatic rings. The van der Waals surface area contributed by atoms with Gasteiger partial charge in [0.25, 0.3) is 5.91 Å². The van der Waals surface area contributed by atoms with Gasteiger partial charge in [-0.3, -0.25) is 4.79 Å². The largest absolute Gasteiger partial charge is 0.333 e. The van der Waals surface area contributed by atoms with Crippen LogP contribution < -0.4 is 0 Å². The zero-order chi connectivity index (χ0) is 16.2. The summed E-state index contributed by atoms with van der Waals surface area (Å²) in [5.74, 6) is -0.0174. The number of likely N-dealkylation sites (N-methyl/N-ethyl adjacent to an activating group) is 1. The maximum Gasteiger partial charge on any atom is 0.293 e. The molecule has 0 bridgehead atoms. The monoisotopic (exact) mass is 326 g/mol. The number of carbonyl (C=O) groups excluding carboxylic acids is 1. The summed E-state index contributed by atoms with van der Waals surface area (Å²) in [6.07, 6.45) is 0.824. The number of benzene rings is 1. The molecule has 0 aliphatic carbocycles. The second-order valence-electron chi connectivity index (χ2n) is 5.40. The van der Waals surface area contributed by atoms with E-state index in [1.165, 1.54) is 5.56 Å². The van der Waals surface area contributed by atoms with Crippen molar-refractivity contribution in [2.75, 3.05) is 6.54 Å². The van der Waals surface area contributed by atoms with Gasteiger partial charge in [-0.15, -0.1) is 10.2 Å². The van der Waals surface area contributed by atoms with Gasteiger partial charge >= 0.3 is 0 Å². The van der Waals surface area contributed by atoms with Crippen molar-refractivity contribution in [3.8, 4) is 0 Å². The SMILES string of the molecule is CCN(C(=O)c1nnc2ccccc2n1)C(C)Cc1ccsc1. The van der Waals surface area contributed by atoms with Crippen molar-refractivity contribution < 1.29 is 4.79 Å². The first-order chi connectivity index (χ1) is 11.2. The number of thiophene rings is 1. The van der Waals surface area contributed by atoms with Crippen LogP contribution in [0.15, 0.2) is 41.1 Å². The number of para-hydroxylation sites is 1. The van der Waals surface area contributed by atoms with Crippen LogP contribution in [0.2, 0.25) is 0 Å². The molecule has 1 atom stereocenters. The normalized spacial score (nSPS) is 12.3. The Kier molecular flexibility index (Phi) is 4.62. The lowest BCUT2D eigenvalue weighted by Crippen LogP contribution is -2.40. The van der Waals surface area contributed by atoms with E-state index >= 15 is 0 Å². The maximum atomic E-state index is 12.8. The van der Waals surface area contributed by atoms with Crippen molar-refractivity contribution >= 4 is 28.3 Å². The Bertz CT molecular complexity index is 803. The lowest BCUT2D eigenvalue weighted by atomic mass is 10.1. The number of hydrogen-bond donors (Lipinski definition) is 0. The number of amides is 1. The van der Waals surface area contributed by atoms with Crippen LogP contribution in [-0.2, 0) is 6.42 Å². The molecule has 0 aliphatic heterocycles. The van der Waals surface area contributed by atoms with Gasteiger partial charge in [-0.25, -0.2) is 4.98 Å². The molecule has 3 rings (SSSR count). The first-order valence-electron chi connectivity index (χ1n) is 7.60. The fourth-order valence-corrected chi connectivity index (χ4v) is 3.30. The van der Waals surface area contributed by atoms with Crippen LogP contribution in [0.1, 0.15) is 30.0 Å². The molecule has 5 nitrogen and oxygen atoms in total. The standard InChI is InChI=1S/C17H18N4OS/c1-3-21(12(2)10-13-8-9-23-11-13)17(22)16-18-14-6-4-5-7-15(14)19-20-16/h4-9,11-12H,3,10H2,1-2H3. The summed E-state index contributed by atoms with van der Waals surface area (Å²) in [6, 6.07) is 9.60. The summed E-state index contributed by atoms with van der Waals surface area (Å²) in [6.45, 7) is 4.63. The fraction of sp³-hybridized carbons (Fsp3) is 0.294. The Morgan fingerprint density at radius 3 is 2.70 bits per heavy atom. The second-order valence-corrected chi connectivity index (χ2v) is 6.18. The Labute approximate surface area is 139 Å². The third-order valence-corrected chi connectivity index (χ3v) is 4.53. The van der Waals surface area contributed by atoms with E-state index in [1.54, 1.807) is 16.2 Å². The highest BCUT2D eigenvalue weighted by Crippen LogP contribution is 2.14. The van der Waals surface area contributed by atoms with E-state index in [2.05, 4.69) is 32.0 Å². The Balaban J connectivity index is 1.82. The number of hydrogen-bond acceptors (Lipinski definition) is 5. The summed E-state index contributed by atoms with van der Waals surface area (Å²) in [4.78, 5) is 18.9. The van der Waals surface area contributed by atoms with Crippen LogP contribution in [0.3, 0.4) is 0 Å². The highest BCUT2D eigenvalue weighted by Gasteiger charge is 2.23. The third kappa shape index (κ3) is 3.37. The summed E-state index contributed by atoms with van der Waals surface area (Å²) < 4.78 is 0. The predicted molar refractivity (Wildman–Crippen MR) is 91.5 cm³/mol. The molecule has 1 amide bonds. The molecule has 0 N–H and O–H groups in total. The summed E-state index contributed by atoms with van der Waals surface area (Å²) in [5, 5.41) is 12.3. The van der Waals surface area contributed by atoms with Crippen molar-refractivity contribution in [2.24, 2.45) is 0 Å². The van der Waals surface area contributed by atoms with Gasteiger partial charge in [0, 0.05) is 12.6 Å². The van der Waals surface area contributed by atoms with Crippen LogP contribution in [0.4, 0.5) is 0 Å². The third-order valence-electron chi connectivity index (χ3n) is 3.80. The maximum absolute atomic E-state index is 12.8. The minimum atomic E-state index is -0.173. The topological polar surface area (TPSA) is 59.0 Å². The van der Waals surface area contributed by atoms with Crippen LogP contribution in [-0.4, -0.2) is 38.6 Å². The van der Waals surface area contributed by atoms with Crippen LogP contribution in [0.25, 0.3) is 11.0 Å². The van der Waals surface area contributed by atoms with Gasteiger partial charge in [0.1, 0.15) is 5.52 Å². The van der Waals surface area contributed by atoms with E-state index in [9.17, 15) is 4.79 Å². The fourth-order valence-electron chi connectivity index (χ4n) is 2.62. The quantitative estimate of drug-likeness (QED) is 0.722. The molecule has 0 radical (unpaired) electrons. The van der Waals surface area contributed by atoms with Crippen LogP contribution >= 0.6 is 11.3 Å². The first kappa shape index (κ1) is 15.6. The molecule has 1 aromatic carbocycles. The molecule has 0 saturated carbocycles. The number of carbonyl (C=O) groups is 1. The molecular weight excluding hydrogens is 308 g/mol. The molecule has 118 valence electrons. The summed E-state index contributed by atoms with van der Waals surface area (Å²) in [7, 11) is 0. The molecule has 23 heavy (non-hydrogen) atoms. The van der Waals surface area contributed by atoms with Crippen molar-refractivity contribution in [1.29, 1.82) is 0 Å². The predicted octanol–water partition coefficient (Wildman–Crippen LogP) is 3.18. The first-order valence-corrected chi connectivity index (χ1v) is 8.55. The number of aromatic nitrogens is 3. The van der Waals surface area contributed by atoms with Gasteiger partial charge in [-0.05, 0) is 54.8 Å². The molecule has 0 spiro atoms. The van der Waals surface area contributed by atoms with Crippen molar-refractivity contribution in [2.45, 2.75) is 26.3 Å². The van der Waals surface area contributed by atoms with E-state index in [0.717, 1.165) is 6.42 Å². The van der Waals surface area contributed by atoms with Crippen molar-refractivity contribution in [3.05, 3.63) is 52.5 Å². The lowest BCUT2D eigenvalue weighted by molar-refractivity contribution is 0.0690. The number of fused-ring (bicyclic) bond motifs is 1. The molecule has 0 saturated heterocycles. The molecule has 6 heteroatoms. The Morgan fingerprint density at radius 2 is 2.00 bits per heavy atom. The molecule has 1 unspecified atom stereocenters. The highest BCUT2D eigenvalue weighted by atomic mass is 32.1. The molecule has 0 aliphatic rings.